The van der Waals surface area contributed by atoms with Crippen LogP contribution in [-0.4, -0.2) is 37.6 Å². The van der Waals surface area contributed by atoms with Gasteiger partial charge < -0.3 is 4.90 Å². The third-order valence-electron chi connectivity index (χ3n) is 6.63. The lowest BCUT2D eigenvalue weighted by molar-refractivity contribution is 0.258. The summed E-state index contributed by atoms with van der Waals surface area (Å²) in [4.78, 5) is 5.28. The number of halogens is 1. The molecule has 1 saturated heterocycles. The van der Waals surface area contributed by atoms with Crippen LogP contribution in [0.2, 0.25) is 0 Å². The van der Waals surface area contributed by atoms with Gasteiger partial charge >= 0.3 is 0 Å². The molecule has 3 fully saturated rings. The van der Waals surface area contributed by atoms with E-state index in [9.17, 15) is 0 Å². The van der Waals surface area contributed by atoms with Crippen molar-refractivity contribution >= 4 is 18.1 Å². The van der Waals surface area contributed by atoms with E-state index in [1.165, 1.54) is 77.7 Å². The van der Waals surface area contributed by atoms with E-state index in [2.05, 4.69) is 41.0 Å². The minimum atomic E-state index is 0. The summed E-state index contributed by atoms with van der Waals surface area (Å²) < 4.78 is 0. The Kier molecular flexibility index (Phi) is 5.77. The minimum Gasteiger partial charge on any atom is -0.369 e. The Morgan fingerprint density at radius 3 is 2.25 bits per heavy atom. The van der Waals surface area contributed by atoms with Gasteiger partial charge in [-0.25, -0.2) is 0 Å². The molecule has 2 aliphatic carbocycles. The highest BCUT2D eigenvalue weighted by molar-refractivity contribution is 5.85. The van der Waals surface area contributed by atoms with Crippen molar-refractivity contribution in [2.45, 2.75) is 57.8 Å². The van der Waals surface area contributed by atoms with Crippen LogP contribution in [0.5, 0.6) is 0 Å². The molecule has 0 bridgehead atoms. The number of hydrogen-bond donors (Lipinski definition) is 0. The van der Waals surface area contributed by atoms with Crippen molar-refractivity contribution in [1.82, 2.24) is 4.90 Å². The number of benzene rings is 1. The summed E-state index contributed by atoms with van der Waals surface area (Å²) in [7, 11) is 0. The van der Waals surface area contributed by atoms with Gasteiger partial charge in [0.05, 0.1) is 0 Å². The molecule has 1 aromatic carbocycles. The van der Waals surface area contributed by atoms with E-state index in [0.29, 0.717) is 0 Å². The predicted molar refractivity (Wildman–Crippen MR) is 106 cm³/mol. The van der Waals surface area contributed by atoms with Crippen LogP contribution in [-0.2, 0) is 0 Å². The first kappa shape index (κ1) is 18.1. The van der Waals surface area contributed by atoms with Crippen LogP contribution in [0.3, 0.4) is 0 Å². The number of piperazine rings is 1. The standard InChI is InChI=1S/C21H32N2.ClH/c1-2-13-22-14-16-23(17-15-22)20-6-4-3-5-19(20)18-7-9-21(10-8-18)11-12-21;/h3-6,18H,2,7-17H2,1H3;1H. The summed E-state index contributed by atoms with van der Waals surface area (Å²) in [5.41, 5.74) is 3.99. The molecule has 0 N–H and O–H groups in total. The number of nitrogens with zero attached hydrogens (tertiary/aromatic N) is 2. The van der Waals surface area contributed by atoms with Gasteiger partial charge in [0.15, 0.2) is 0 Å². The molecule has 0 radical (unpaired) electrons. The maximum absolute atomic E-state index is 2.66. The van der Waals surface area contributed by atoms with Crippen molar-refractivity contribution in [3.63, 3.8) is 0 Å². The molecule has 4 rings (SSSR count). The zero-order chi connectivity index (χ0) is 15.7. The van der Waals surface area contributed by atoms with E-state index in [4.69, 9.17) is 0 Å². The Labute approximate surface area is 154 Å². The molecule has 1 aliphatic heterocycles. The lowest BCUT2D eigenvalue weighted by atomic mass is 9.76. The molecule has 0 atom stereocenters. The molecule has 0 amide bonds. The number of hydrogen-bond acceptors (Lipinski definition) is 2. The highest BCUT2D eigenvalue weighted by Crippen LogP contribution is 2.59. The third kappa shape index (κ3) is 3.75. The van der Waals surface area contributed by atoms with E-state index in [1.54, 1.807) is 11.3 Å². The van der Waals surface area contributed by atoms with Gasteiger partial charge in [-0.15, -0.1) is 12.4 Å². The molecule has 3 heteroatoms. The summed E-state index contributed by atoms with van der Waals surface area (Å²) in [6.45, 7) is 8.42. The molecule has 24 heavy (non-hydrogen) atoms. The maximum Gasteiger partial charge on any atom is 0.0402 e. The first-order chi connectivity index (χ1) is 11.3. The van der Waals surface area contributed by atoms with Crippen LogP contribution < -0.4 is 4.90 Å². The van der Waals surface area contributed by atoms with Gasteiger partial charge in [0.2, 0.25) is 0 Å². The Balaban J connectivity index is 0.00000169. The second kappa shape index (κ2) is 7.66. The summed E-state index contributed by atoms with van der Waals surface area (Å²) in [5, 5.41) is 0. The smallest absolute Gasteiger partial charge is 0.0402 e. The van der Waals surface area contributed by atoms with Gasteiger partial charge in [-0.05, 0) is 74.5 Å². The molecule has 134 valence electrons. The van der Waals surface area contributed by atoms with E-state index >= 15 is 0 Å². The monoisotopic (exact) mass is 348 g/mol. The van der Waals surface area contributed by atoms with Gasteiger partial charge in [0.25, 0.3) is 0 Å². The predicted octanol–water partition coefficient (Wildman–Crippen LogP) is 5.08. The maximum atomic E-state index is 2.66. The molecular weight excluding hydrogens is 316 g/mol. The largest absolute Gasteiger partial charge is 0.369 e. The summed E-state index contributed by atoms with van der Waals surface area (Å²) >= 11 is 0. The van der Waals surface area contributed by atoms with Gasteiger partial charge in [-0.1, -0.05) is 25.1 Å². The molecule has 3 aliphatic rings. The van der Waals surface area contributed by atoms with Gasteiger partial charge in [0.1, 0.15) is 0 Å². The second-order valence-corrected chi connectivity index (χ2v) is 8.16. The third-order valence-corrected chi connectivity index (χ3v) is 6.63. The number of para-hydroxylation sites is 1. The molecular formula is C21H33ClN2. The van der Waals surface area contributed by atoms with Crippen molar-refractivity contribution < 1.29 is 0 Å². The minimum absolute atomic E-state index is 0. The fraction of sp³-hybridized carbons (Fsp3) is 0.714. The van der Waals surface area contributed by atoms with E-state index in [-0.39, 0.29) is 12.4 Å². The van der Waals surface area contributed by atoms with Crippen molar-refractivity contribution in [2.75, 3.05) is 37.6 Å². The highest BCUT2D eigenvalue weighted by atomic mass is 35.5. The zero-order valence-corrected chi connectivity index (χ0v) is 16.0. The molecule has 0 aromatic heterocycles. The lowest BCUT2D eigenvalue weighted by Crippen LogP contribution is -2.46. The van der Waals surface area contributed by atoms with Gasteiger partial charge in [-0.2, -0.15) is 0 Å². The van der Waals surface area contributed by atoms with Crippen LogP contribution in [0, 0.1) is 5.41 Å². The van der Waals surface area contributed by atoms with Crippen LogP contribution >= 0.6 is 12.4 Å². The van der Waals surface area contributed by atoms with Crippen LogP contribution in [0.15, 0.2) is 24.3 Å². The lowest BCUT2D eigenvalue weighted by Gasteiger charge is -2.38. The summed E-state index contributed by atoms with van der Waals surface area (Å²) in [6.07, 6.45) is 10.1. The van der Waals surface area contributed by atoms with Crippen molar-refractivity contribution in [3.05, 3.63) is 29.8 Å². The van der Waals surface area contributed by atoms with Crippen LogP contribution in [0.25, 0.3) is 0 Å². The first-order valence-corrected chi connectivity index (χ1v) is 9.86. The number of rotatable bonds is 4. The van der Waals surface area contributed by atoms with Crippen LogP contribution in [0.4, 0.5) is 5.69 Å². The average Bonchev–Trinajstić information content (AvgIpc) is 3.36. The topological polar surface area (TPSA) is 6.48 Å². The highest BCUT2D eigenvalue weighted by Gasteiger charge is 2.45. The molecule has 2 nitrogen and oxygen atoms in total. The molecule has 1 spiro atoms. The van der Waals surface area contributed by atoms with Gasteiger partial charge in [0, 0.05) is 31.9 Å². The van der Waals surface area contributed by atoms with E-state index < -0.39 is 0 Å². The Morgan fingerprint density at radius 1 is 0.958 bits per heavy atom. The zero-order valence-electron chi connectivity index (χ0n) is 15.2. The Hall–Kier alpha value is -0.730. The number of anilines is 1. The Morgan fingerprint density at radius 2 is 1.62 bits per heavy atom. The summed E-state index contributed by atoms with van der Waals surface area (Å²) in [6, 6.07) is 9.30. The Bertz CT molecular complexity index is 522. The normalized spacial score (nSPS) is 24.0. The quantitative estimate of drug-likeness (QED) is 0.748. The molecule has 1 heterocycles. The molecule has 2 saturated carbocycles. The van der Waals surface area contributed by atoms with Gasteiger partial charge in [-0.3, -0.25) is 4.90 Å². The van der Waals surface area contributed by atoms with Crippen LogP contribution in [0.1, 0.15) is 63.4 Å². The molecule has 1 aromatic rings. The SMILES string of the molecule is CCCN1CCN(c2ccccc2C2CCC3(CC2)CC3)CC1.Cl. The second-order valence-electron chi connectivity index (χ2n) is 8.16. The average molecular weight is 349 g/mol. The fourth-order valence-electron chi connectivity index (χ4n) is 4.87. The van der Waals surface area contributed by atoms with E-state index in [1.807, 2.05) is 0 Å². The van der Waals surface area contributed by atoms with Crippen molar-refractivity contribution in [1.29, 1.82) is 0 Å². The van der Waals surface area contributed by atoms with E-state index in [0.717, 1.165) is 11.3 Å². The van der Waals surface area contributed by atoms with Crippen molar-refractivity contribution in [3.8, 4) is 0 Å². The summed E-state index contributed by atoms with van der Waals surface area (Å²) in [5.74, 6) is 0.811. The fourth-order valence-corrected chi connectivity index (χ4v) is 4.87. The first-order valence-electron chi connectivity index (χ1n) is 9.86. The molecule has 0 unspecified atom stereocenters. The van der Waals surface area contributed by atoms with Crippen molar-refractivity contribution in [2.24, 2.45) is 5.41 Å².